The molecule has 0 aliphatic carbocycles. The zero-order valence-corrected chi connectivity index (χ0v) is 8.37. The number of hydrogen-bond acceptors (Lipinski definition) is 4. The second kappa shape index (κ2) is 3.16. The first-order valence-electron chi connectivity index (χ1n) is 4.15. The van der Waals surface area contributed by atoms with E-state index in [2.05, 4.69) is 5.32 Å². The highest BCUT2D eigenvalue weighted by molar-refractivity contribution is 7.92. The van der Waals surface area contributed by atoms with Gasteiger partial charge < -0.3 is 5.32 Å². The molecule has 0 bridgehead atoms. The summed E-state index contributed by atoms with van der Waals surface area (Å²) in [5.74, 6) is -0.880. The number of carbonyl (C=O) groups excluding carboxylic acids is 2. The molecule has 0 fully saturated rings. The van der Waals surface area contributed by atoms with Gasteiger partial charge in [0.2, 0.25) is 6.41 Å². The predicted octanol–water partition coefficient (Wildman–Crippen LogP) is 0.225. The summed E-state index contributed by atoms with van der Waals surface area (Å²) in [6.07, 6.45) is 0.450. The van der Waals surface area contributed by atoms with Gasteiger partial charge in [-0.15, -0.1) is 0 Å². The minimum absolute atomic E-state index is 0.000602. The zero-order valence-electron chi connectivity index (χ0n) is 7.56. The smallest absolute Gasteiger partial charge is 0.211 e. The van der Waals surface area contributed by atoms with E-state index in [0.717, 1.165) is 0 Å². The van der Waals surface area contributed by atoms with Crippen LogP contribution in [0.5, 0.6) is 0 Å². The van der Waals surface area contributed by atoms with Crippen molar-refractivity contribution in [3.8, 4) is 0 Å². The van der Waals surface area contributed by atoms with Gasteiger partial charge in [0.15, 0.2) is 15.6 Å². The van der Waals surface area contributed by atoms with Crippen molar-refractivity contribution in [2.75, 3.05) is 11.1 Å². The molecule has 1 aliphatic rings. The number of carbonyl (C=O) groups is 2. The topological polar surface area (TPSA) is 80.3 Å². The van der Waals surface area contributed by atoms with Crippen molar-refractivity contribution in [2.45, 2.75) is 4.90 Å². The monoisotopic (exact) mass is 225 g/mol. The van der Waals surface area contributed by atoms with Crippen LogP contribution in [0.2, 0.25) is 0 Å². The number of ketones is 1. The molecular formula is C9H7NO4S. The van der Waals surface area contributed by atoms with E-state index in [1.807, 2.05) is 0 Å². The van der Waals surface area contributed by atoms with Crippen LogP contribution in [0.3, 0.4) is 0 Å². The molecule has 5 nitrogen and oxygen atoms in total. The summed E-state index contributed by atoms with van der Waals surface area (Å²) in [5.41, 5.74) is 0.563. The maximum absolute atomic E-state index is 11.5. The summed E-state index contributed by atoms with van der Waals surface area (Å²) in [6, 6.07) is 4.20. The van der Waals surface area contributed by atoms with Gasteiger partial charge >= 0.3 is 0 Å². The van der Waals surface area contributed by atoms with Gasteiger partial charge in [-0.2, -0.15) is 0 Å². The minimum Gasteiger partial charge on any atom is -0.329 e. The van der Waals surface area contributed by atoms with Gasteiger partial charge in [0.1, 0.15) is 5.75 Å². The normalized spacial score (nSPS) is 17.2. The average Bonchev–Trinajstić information content (AvgIpc) is 2.38. The van der Waals surface area contributed by atoms with Gasteiger partial charge in [-0.1, -0.05) is 0 Å². The van der Waals surface area contributed by atoms with Gasteiger partial charge in [-0.25, -0.2) is 8.42 Å². The molecule has 6 heteroatoms. The Balaban J connectivity index is 2.62. The van der Waals surface area contributed by atoms with E-state index in [9.17, 15) is 18.0 Å². The summed E-state index contributed by atoms with van der Waals surface area (Å²) in [4.78, 5) is 21.5. The molecule has 0 saturated heterocycles. The first-order chi connectivity index (χ1) is 7.04. The SMILES string of the molecule is O=CNc1ccc2c(c1)S(=O)(=O)CC2=O. The summed E-state index contributed by atoms with van der Waals surface area (Å²) in [5, 5.41) is 2.33. The standard InChI is InChI=1S/C9H7NO4S/c11-5-10-6-1-2-7-8(12)4-15(13,14)9(7)3-6/h1-3,5H,4H2,(H,10,11). The first-order valence-corrected chi connectivity index (χ1v) is 5.80. The quantitative estimate of drug-likeness (QED) is 0.730. The van der Waals surface area contributed by atoms with Crippen molar-refractivity contribution in [2.24, 2.45) is 0 Å². The molecule has 1 aromatic carbocycles. The van der Waals surface area contributed by atoms with Crippen LogP contribution >= 0.6 is 0 Å². The second-order valence-corrected chi connectivity index (χ2v) is 5.11. The number of rotatable bonds is 2. The van der Waals surface area contributed by atoms with Crippen LogP contribution in [0, 0.1) is 0 Å². The lowest BCUT2D eigenvalue weighted by molar-refractivity contribution is -0.105. The Bertz CT molecular complexity index is 547. The highest BCUT2D eigenvalue weighted by Crippen LogP contribution is 2.28. The molecule has 0 saturated carbocycles. The van der Waals surface area contributed by atoms with Crippen molar-refractivity contribution in [3.63, 3.8) is 0 Å². The lowest BCUT2D eigenvalue weighted by atomic mass is 10.1. The Hall–Kier alpha value is -1.69. The van der Waals surface area contributed by atoms with E-state index < -0.39 is 21.4 Å². The molecule has 1 N–H and O–H groups in total. The van der Waals surface area contributed by atoms with Gasteiger partial charge in [-0.3, -0.25) is 9.59 Å². The Labute approximate surface area is 86.0 Å². The number of hydrogen-bond donors (Lipinski definition) is 1. The summed E-state index contributed by atoms with van der Waals surface area (Å²) < 4.78 is 23.0. The Morgan fingerprint density at radius 1 is 1.33 bits per heavy atom. The van der Waals surface area contributed by atoms with E-state index in [1.165, 1.54) is 18.2 Å². The summed E-state index contributed by atoms with van der Waals surface area (Å²) in [6.45, 7) is 0. The molecule has 0 aromatic heterocycles. The van der Waals surface area contributed by atoms with Crippen molar-refractivity contribution in [3.05, 3.63) is 23.8 Å². The maximum Gasteiger partial charge on any atom is 0.211 e. The molecule has 1 heterocycles. The third kappa shape index (κ3) is 1.52. The van der Waals surface area contributed by atoms with Gasteiger partial charge in [0.25, 0.3) is 0 Å². The van der Waals surface area contributed by atoms with Crippen LogP contribution in [0.15, 0.2) is 23.1 Å². The fourth-order valence-electron chi connectivity index (χ4n) is 1.50. The number of sulfone groups is 1. The zero-order chi connectivity index (χ0) is 11.1. The third-order valence-electron chi connectivity index (χ3n) is 2.16. The molecular weight excluding hydrogens is 218 g/mol. The van der Waals surface area contributed by atoms with E-state index in [1.54, 1.807) is 0 Å². The molecule has 1 aromatic rings. The number of nitrogens with one attached hydrogen (secondary N) is 1. The van der Waals surface area contributed by atoms with E-state index >= 15 is 0 Å². The van der Waals surface area contributed by atoms with E-state index in [0.29, 0.717) is 12.1 Å². The number of anilines is 1. The highest BCUT2D eigenvalue weighted by atomic mass is 32.2. The Morgan fingerprint density at radius 3 is 2.73 bits per heavy atom. The average molecular weight is 225 g/mol. The molecule has 15 heavy (non-hydrogen) atoms. The van der Waals surface area contributed by atoms with Crippen molar-refractivity contribution >= 4 is 27.7 Å². The summed E-state index contributed by atoms with van der Waals surface area (Å²) in [7, 11) is -3.50. The van der Waals surface area contributed by atoms with Crippen molar-refractivity contribution in [1.82, 2.24) is 0 Å². The van der Waals surface area contributed by atoms with Gasteiger partial charge in [0, 0.05) is 11.3 Å². The molecule has 0 radical (unpaired) electrons. The minimum atomic E-state index is -3.50. The Kier molecular flexibility index (Phi) is 2.08. The van der Waals surface area contributed by atoms with Crippen LogP contribution in [-0.2, 0) is 14.6 Å². The van der Waals surface area contributed by atoms with Gasteiger partial charge in [-0.05, 0) is 18.2 Å². The van der Waals surface area contributed by atoms with Gasteiger partial charge in [0.05, 0.1) is 4.90 Å². The lowest BCUT2D eigenvalue weighted by Crippen LogP contribution is -2.03. The molecule has 1 aliphatic heterocycles. The second-order valence-electron chi connectivity index (χ2n) is 3.16. The van der Waals surface area contributed by atoms with Crippen molar-refractivity contribution in [1.29, 1.82) is 0 Å². The molecule has 0 spiro atoms. The maximum atomic E-state index is 11.5. The molecule has 1 amide bonds. The summed E-state index contributed by atoms with van der Waals surface area (Å²) >= 11 is 0. The van der Waals surface area contributed by atoms with Crippen LogP contribution < -0.4 is 5.32 Å². The first kappa shape index (κ1) is 9.85. The predicted molar refractivity (Wildman–Crippen MR) is 52.5 cm³/mol. The van der Waals surface area contributed by atoms with E-state index in [-0.39, 0.29) is 10.5 Å². The van der Waals surface area contributed by atoms with Crippen LogP contribution in [-0.4, -0.2) is 26.4 Å². The number of Topliss-reactive ketones (excluding diaryl/α,β-unsaturated/α-hetero) is 1. The van der Waals surface area contributed by atoms with E-state index in [4.69, 9.17) is 0 Å². The number of amides is 1. The fraction of sp³-hybridized carbons (Fsp3) is 0.111. The molecule has 0 atom stereocenters. The molecule has 78 valence electrons. The van der Waals surface area contributed by atoms with Crippen LogP contribution in [0.1, 0.15) is 10.4 Å². The molecule has 2 rings (SSSR count). The Morgan fingerprint density at radius 2 is 2.07 bits per heavy atom. The third-order valence-corrected chi connectivity index (χ3v) is 3.81. The largest absolute Gasteiger partial charge is 0.329 e. The number of benzene rings is 1. The van der Waals surface area contributed by atoms with Crippen LogP contribution in [0.4, 0.5) is 5.69 Å². The fourth-order valence-corrected chi connectivity index (χ4v) is 2.98. The van der Waals surface area contributed by atoms with Crippen LogP contribution in [0.25, 0.3) is 0 Å². The lowest BCUT2D eigenvalue weighted by Gasteiger charge is -2.01. The van der Waals surface area contributed by atoms with Crippen molar-refractivity contribution < 1.29 is 18.0 Å². The highest BCUT2D eigenvalue weighted by Gasteiger charge is 2.33. The molecule has 0 unspecified atom stereocenters. The number of fused-ring (bicyclic) bond motifs is 1.